The highest BCUT2D eigenvalue weighted by Crippen LogP contribution is 2.48. The van der Waals surface area contributed by atoms with E-state index in [0.29, 0.717) is 0 Å². The molecule has 0 heterocycles. The number of rotatable bonds is 3. The average Bonchev–Trinajstić information content (AvgIpc) is 2.99. The normalized spacial score (nSPS) is 17.9. The smallest absolute Gasteiger partial charge is 0.156 e. The molecule has 1 aromatic rings. The van der Waals surface area contributed by atoms with Gasteiger partial charge in [0.15, 0.2) is 5.78 Å². The standard InChI is InChI=1S/C11H12BrNO/c12-9-3-1-8(2-4-9)11(5-6-11)10(14)7-13/h1-4H,5-7,13H2. The molecule has 2 rings (SSSR count). The van der Waals surface area contributed by atoms with Crippen molar-refractivity contribution >= 4 is 21.7 Å². The van der Waals surface area contributed by atoms with Crippen molar-refractivity contribution in [3.63, 3.8) is 0 Å². The Balaban J connectivity index is 2.31. The second kappa shape index (κ2) is 3.48. The number of hydrogen-bond acceptors (Lipinski definition) is 2. The molecule has 1 aliphatic rings. The van der Waals surface area contributed by atoms with Crippen molar-refractivity contribution in [2.24, 2.45) is 5.73 Å². The van der Waals surface area contributed by atoms with Gasteiger partial charge in [-0.15, -0.1) is 0 Å². The van der Waals surface area contributed by atoms with E-state index in [1.165, 1.54) is 0 Å². The van der Waals surface area contributed by atoms with Gasteiger partial charge in [0.05, 0.1) is 12.0 Å². The molecule has 0 unspecified atom stereocenters. The summed E-state index contributed by atoms with van der Waals surface area (Å²) in [6, 6.07) is 7.95. The van der Waals surface area contributed by atoms with Crippen molar-refractivity contribution in [1.29, 1.82) is 0 Å². The Morgan fingerprint density at radius 2 is 1.93 bits per heavy atom. The molecule has 1 saturated carbocycles. The quantitative estimate of drug-likeness (QED) is 0.896. The Bertz CT molecular complexity index is 354. The highest BCUT2D eigenvalue weighted by atomic mass is 79.9. The zero-order chi connectivity index (χ0) is 10.2. The molecular formula is C11H12BrNO. The van der Waals surface area contributed by atoms with E-state index < -0.39 is 0 Å². The third-order valence-corrected chi connectivity index (χ3v) is 3.39. The van der Waals surface area contributed by atoms with Crippen molar-refractivity contribution in [1.82, 2.24) is 0 Å². The number of hydrogen-bond donors (Lipinski definition) is 1. The van der Waals surface area contributed by atoms with Gasteiger partial charge < -0.3 is 5.73 Å². The number of halogens is 1. The first-order valence-electron chi connectivity index (χ1n) is 4.68. The first-order chi connectivity index (χ1) is 6.69. The van der Waals surface area contributed by atoms with Crippen LogP contribution in [0.2, 0.25) is 0 Å². The average molecular weight is 254 g/mol. The molecule has 0 bridgehead atoms. The Kier molecular flexibility index (Phi) is 2.45. The lowest BCUT2D eigenvalue weighted by Gasteiger charge is -2.12. The molecule has 2 N–H and O–H groups in total. The van der Waals surface area contributed by atoms with Crippen LogP contribution < -0.4 is 5.73 Å². The molecule has 0 aromatic heterocycles. The molecule has 74 valence electrons. The van der Waals surface area contributed by atoms with Crippen LogP contribution in [-0.2, 0) is 10.2 Å². The Morgan fingerprint density at radius 1 is 1.36 bits per heavy atom. The number of ketones is 1. The van der Waals surface area contributed by atoms with Gasteiger partial charge in [-0.1, -0.05) is 28.1 Å². The van der Waals surface area contributed by atoms with Crippen molar-refractivity contribution in [2.75, 3.05) is 6.54 Å². The van der Waals surface area contributed by atoms with Gasteiger partial charge in [-0.25, -0.2) is 0 Å². The van der Waals surface area contributed by atoms with E-state index in [9.17, 15) is 4.79 Å². The molecule has 0 saturated heterocycles. The maximum Gasteiger partial charge on any atom is 0.156 e. The van der Waals surface area contributed by atoms with Gasteiger partial charge in [-0.3, -0.25) is 4.79 Å². The lowest BCUT2D eigenvalue weighted by atomic mass is 9.91. The molecule has 1 aliphatic carbocycles. The summed E-state index contributed by atoms with van der Waals surface area (Å²) in [5.74, 6) is 0.167. The zero-order valence-corrected chi connectivity index (χ0v) is 9.38. The van der Waals surface area contributed by atoms with Gasteiger partial charge in [-0.2, -0.15) is 0 Å². The van der Waals surface area contributed by atoms with Crippen molar-refractivity contribution in [3.05, 3.63) is 34.3 Å². The fraction of sp³-hybridized carbons (Fsp3) is 0.364. The number of carbonyl (C=O) groups is 1. The van der Waals surface area contributed by atoms with E-state index >= 15 is 0 Å². The predicted octanol–water partition coefficient (Wildman–Crippen LogP) is 2.01. The Hall–Kier alpha value is -0.670. The monoisotopic (exact) mass is 253 g/mol. The molecule has 2 nitrogen and oxygen atoms in total. The van der Waals surface area contributed by atoms with Crippen LogP contribution in [0.3, 0.4) is 0 Å². The Labute approximate surface area is 91.6 Å². The van der Waals surface area contributed by atoms with E-state index in [2.05, 4.69) is 15.9 Å². The summed E-state index contributed by atoms with van der Waals surface area (Å²) in [6.07, 6.45) is 1.90. The van der Waals surface area contributed by atoms with Crippen LogP contribution >= 0.6 is 15.9 Å². The van der Waals surface area contributed by atoms with E-state index in [0.717, 1.165) is 22.9 Å². The van der Waals surface area contributed by atoms with Gasteiger partial charge >= 0.3 is 0 Å². The molecule has 1 fully saturated rings. The first kappa shape index (κ1) is 9.87. The highest BCUT2D eigenvalue weighted by Gasteiger charge is 2.49. The Morgan fingerprint density at radius 3 is 2.36 bits per heavy atom. The largest absolute Gasteiger partial charge is 0.324 e. The van der Waals surface area contributed by atoms with Crippen LogP contribution in [0.25, 0.3) is 0 Å². The molecule has 1 aromatic carbocycles. The molecule has 0 aliphatic heterocycles. The van der Waals surface area contributed by atoms with E-state index in [1.54, 1.807) is 0 Å². The third-order valence-electron chi connectivity index (χ3n) is 2.87. The maximum absolute atomic E-state index is 11.6. The zero-order valence-electron chi connectivity index (χ0n) is 7.79. The van der Waals surface area contributed by atoms with Crippen molar-refractivity contribution in [2.45, 2.75) is 18.3 Å². The summed E-state index contributed by atoms with van der Waals surface area (Å²) in [7, 11) is 0. The second-order valence-electron chi connectivity index (χ2n) is 3.72. The van der Waals surface area contributed by atoms with Gasteiger partial charge in [0.2, 0.25) is 0 Å². The fourth-order valence-corrected chi connectivity index (χ4v) is 2.08. The molecular weight excluding hydrogens is 242 g/mol. The van der Waals surface area contributed by atoms with Crippen LogP contribution in [0.15, 0.2) is 28.7 Å². The molecule has 0 atom stereocenters. The van der Waals surface area contributed by atoms with Gasteiger partial charge in [-0.05, 0) is 30.5 Å². The summed E-state index contributed by atoms with van der Waals surface area (Å²) in [5, 5.41) is 0. The molecule has 0 radical (unpaired) electrons. The van der Waals surface area contributed by atoms with Crippen LogP contribution in [0.4, 0.5) is 0 Å². The third kappa shape index (κ3) is 1.51. The fourth-order valence-electron chi connectivity index (χ4n) is 1.82. The molecule has 3 heteroatoms. The topological polar surface area (TPSA) is 43.1 Å². The summed E-state index contributed by atoms with van der Waals surface area (Å²) < 4.78 is 1.04. The number of benzene rings is 1. The second-order valence-corrected chi connectivity index (χ2v) is 4.63. The lowest BCUT2D eigenvalue weighted by Crippen LogP contribution is -2.27. The predicted molar refractivity (Wildman–Crippen MR) is 59.1 cm³/mol. The lowest BCUT2D eigenvalue weighted by molar-refractivity contribution is -0.120. The maximum atomic E-state index is 11.6. The minimum Gasteiger partial charge on any atom is -0.324 e. The van der Waals surface area contributed by atoms with Gasteiger partial charge in [0.1, 0.15) is 0 Å². The molecule has 0 spiro atoms. The summed E-state index contributed by atoms with van der Waals surface area (Å²) >= 11 is 3.38. The SMILES string of the molecule is NCC(=O)C1(c2ccc(Br)cc2)CC1. The van der Waals surface area contributed by atoms with E-state index in [1.807, 2.05) is 24.3 Å². The summed E-state index contributed by atoms with van der Waals surface area (Å²) in [6.45, 7) is 0.149. The summed E-state index contributed by atoms with van der Waals surface area (Å²) in [5.41, 5.74) is 6.27. The van der Waals surface area contributed by atoms with Crippen LogP contribution in [0, 0.1) is 0 Å². The first-order valence-corrected chi connectivity index (χ1v) is 5.48. The van der Waals surface area contributed by atoms with Crippen molar-refractivity contribution in [3.8, 4) is 0 Å². The minimum atomic E-state index is -0.241. The molecule has 14 heavy (non-hydrogen) atoms. The minimum absolute atomic E-state index is 0.149. The molecule has 0 amide bonds. The van der Waals surface area contributed by atoms with Gasteiger partial charge in [0, 0.05) is 4.47 Å². The number of Topliss-reactive ketones (excluding diaryl/α,β-unsaturated/α-hetero) is 1. The van der Waals surface area contributed by atoms with Crippen LogP contribution in [0.1, 0.15) is 18.4 Å². The van der Waals surface area contributed by atoms with E-state index in [4.69, 9.17) is 5.73 Å². The van der Waals surface area contributed by atoms with E-state index in [-0.39, 0.29) is 17.7 Å². The van der Waals surface area contributed by atoms with Crippen molar-refractivity contribution < 1.29 is 4.79 Å². The number of nitrogens with two attached hydrogens (primary N) is 1. The van der Waals surface area contributed by atoms with Gasteiger partial charge in [0.25, 0.3) is 0 Å². The summed E-state index contributed by atoms with van der Waals surface area (Å²) in [4.78, 5) is 11.6. The highest BCUT2D eigenvalue weighted by molar-refractivity contribution is 9.10. The number of carbonyl (C=O) groups excluding carboxylic acids is 1. The van der Waals surface area contributed by atoms with Crippen LogP contribution in [0.5, 0.6) is 0 Å². The van der Waals surface area contributed by atoms with Crippen LogP contribution in [-0.4, -0.2) is 12.3 Å².